The van der Waals surface area contributed by atoms with Crippen molar-refractivity contribution in [3.8, 4) is 0 Å². The Hall–Kier alpha value is -2.73. The highest BCUT2D eigenvalue weighted by molar-refractivity contribution is 6.07. The van der Waals surface area contributed by atoms with Gasteiger partial charge < -0.3 is 14.7 Å². The topological polar surface area (TPSA) is 56.8 Å². The summed E-state index contributed by atoms with van der Waals surface area (Å²) < 4.78 is 0. The molecular formula is C20H22N4O2. The van der Waals surface area contributed by atoms with Crippen LogP contribution in [0.5, 0.6) is 0 Å². The molecule has 0 saturated carbocycles. The normalized spacial score (nSPS) is 17.3. The fraction of sp³-hybridized carbons (Fsp3) is 0.350. The summed E-state index contributed by atoms with van der Waals surface area (Å²) in [5.74, 6) is -0.181. The summed E-state index contributed by atoms with van der Waals surface area (Å²) in [7, 11) is 2.05. The number of nitrogens with zero attached hydrogens (tertiary/aromatic N) is 4. The first-order chi connectivity index (χ1) is 12.6. The Labute approximate surface area is 153 Å². The van der Waals surface area contributed by atoms with Gasteiger partial charge in [0.15, 0.2) is 0 Å². The average Bonchev–Trinajstić information content (AvgIpc) is 3.12. The maximum Gasteiger partial charge on any atom is 0.276 e. The SMILES string of the molecule is CN1CCN(C(=O)c2ccnc(C(=O)N3CCc4ccccc43)c2)CC1. The van der Waals surface area contributed by atoms with Crippen LogP contribution in [0.4, 0.5) is 5.69 Å². The Morgan fingerprint density at radius 1 is 0.962 bits per heavy atom. The first-order valence-electron chi connectivity index (χ1n) is 8.97. The van der Waals surface area contributed by atoms with E-state index >= 15 is 0 Å². The lowest BCUT2D eigenvalue weighted by atomic mass is 10.1. The van der Waals surface area contributed by atoms with Crippen LogP contribution in [-0.2, 0) is 6.42 Å². The van der Waals surface area contributed by atoms with E-state index in [1.54, 1.807) is 23.2 Å². The van der Waals surface area contributed by atoms with Gasteiger partial charge in [0, 0.05) is 50.2 Å². The van der Waals surface area contributed by atoms with Gasteiger partial charge in [-0.05, 0) is 37.2 Å². The molecule has 134 valence electrons. The number of piperazine rings is 1. The monoisotopic (exact) mass is 350 g/mol. The number of pyridine rings is 1. The molecule has 6 nitrogen and oxygen atoms in total. The van der Waals surface area contributed by atoms with E-state index in [0.717, 1.165) is 25.2 Å². The summed E-state index contributed by atoms with van der Waals surface area (Å²) in [5, 5.41) is 0. The van der Waals surface area contributed by atoms with Crippen molar-refractivity contribution < 1.29 is 9.59 Å². The molecule has 3 heterocycles. The van der Waals surface area contributed by atoms with Gasteiger partial charge in [-0.25, -0.2) is 0 Å². The average molecular weight is 350 g/mol. The molecular weight excluding hydrogens is 328 g/mol. The Kier molecular flexibility index (Phi) is 4.42. The van der Waals surface area contributed by atoms with Crippen molar-refractivity contribution in [1.29, 1.82) is 0 Å². The van der Waals surface area contributed by atoms with E-state index in [-0.39, 0.29) is 11.8 Å². The number of hydrogen-bond donors (Lipinski definition) is 0. The molecule has 4 rings (SSSR count). The van der Waals surface area contributed by atoms with Crippen LogP contribution >= 0.6 is 0 Å². The molecule has 2 aliphatic heterocycles. The number of carbonyl (C=O) groups is 2. The number of likely N-dealkylation sites (N-methyl/N-ethyl adjacent to an activating group) is 1. The van der Waals surface area contributed by atoms with Crippen LogP contribution in [0, 0.1) is 0 Å². The number of hydrogen-bond acceptors (Lipinski definition) is 4. The smallest absolute Gasteiger partial charge is 0.276 e. The molecule has 0 atom stereocenters. The molecule has 0 bridgehead atoms. The first-order valence-corrected chi connectivity index (χ1v) is 8.97. The lowest BCUT2D eigenvalue weighted by Crippen LogP contribution is -2.47. The third-order valence-corrected chi connectivity index (χ3v) is 5.15. The number of benzene rings is 1. The molecule has 0 N–H and O–H groups in total. The van der Waals surface area contributed by atoms with Crippen LogP contribution in [0.2, 0.25) is 0 Å². The van der Waals surface area contributed by atoms with Crippen LogP contribution in [-0.4, -0.2) is 66.4 Å². The van der Waals surface area contributed by atoms with E-state index in [1.165, 1.54) is 5.56 Å². The molecule has 1 saturated heterocycles. The highest BCUT2D eigenvalue weighted by atomic mass is 16.2. The Morgan fingerprint density at radius 3 is 2.54 bits per heavy atom. The number of aromatic nitrogens is 1. The summed E-state index contributed by atoms with van der Waals surface area (Å²) in [6.45, 7) is 3.80. The van der Waals surface area contributed by atoms with Crippen molar-refractivity contribution in [1.82, 2.24) is 14.8 Å². The zero-order chi connectivity index (χ0) is 18.1. The number of anilines is 1. The van der Waals surface area contributed by atoms with Gasteiger partial charge in [0.05, 0.1) is 0 Å². The molecule has 2 aromatic rings. The maximum absolute atomic E-state index is 12.9. The summed E-state index contributed by atoms with van der Waals surface area (Å²) >= 11 is 0. The molecule has 0 aliphatic carbocycles. The Balaban J connectivity index is 1.54. The molecule has 2 amide bonds. The molecule has 1 aromatic carbocycles. The lowest BCUT2D eigenvalue weighted by molar-refractivity contribution is 0.0664. The third-order valence-electron chi connectivity index (χ3n) is 5.15. The van der Waals surface area contributed by atoms with E-state index in [4.69, 9.17) is 0 Å². The van der Waals surface area contributed by atoms with Crippen LogP contribution in [0.3, 0.4) is 0 Å². The first kappa shape index (κ1) is 16.7. The predicted molar refractivity (Wildman–Crippen MR) is 99.5 cm³/mol. The lowest BCUT2D eigenvalue weighted by Gasteiger charge is -2.32. The fourth-order valence-corrected chi connectivity index (χ4v) is 3.56. The van der Waals surface area contributed by atoms with E-state index < -0.39 is 0 Å². The van der Waals surface area contributed by atoms with Crippen molar-refractivity contribution in [2.45, 2.75) is 6.42 Å². The predicted octanol–water partition coefficient (Wildman–Crippen LogP) is 1.67. The van der Waals surface area contributed by atoms with Crippen molar-refractivity contribution in [3.05, 3.63) is 59.4 Å². The molecule has 6 heteroatoms. The summed E-state index contributed by atoms with van der Waals surface area (Å²) in [4.78, 5) is 35.7. The largest absolute Gasteiger partial charge is 0.336 e. The van der Waals surface area contributed by atoms with Gasteiger partial charge in [-0.3, -0.25) is 14.6 Å². The van der Waals surface area contributed by atoms with Crippen molar-refractivity contribution in [2.24, 2.45) is 0 Å². The molecule has 1 fully saturated rings. The van der Waals surface area contributed by atoms with Crippen molar-refractivity contribution in [3.63, 3.8) is 0 Å². The van der Waals surface area contributed by atoms with Gasteiger partial charge in [0.1, 0.15) is 5.69 Å². The molecule has 26 heavy (non-hydrogen) atoms. The summed E-state index contributed by atoms with van der Waals surface area (Å²) in [6, 6.07) is 11.2. The van der Waals surface area contributed by atoms with E-state index in [0.29, 0.717) is 30.9 Å². The Bertz CT molecular complexity index is 843. The second-order valence-electron chi connectivity index (χ2n) is 6.86. The summed E-state index contributed by atoms with van der Waals surface area (Å²) in [6.07, 6.45) is 2.40. The number of rotatable bonds is 2. The van der Waals surface area contributed by atoms with Crippen LogP contribution in [0.1, 0.15) is 26.4 Å². The van der Waals surface area contributed by atoms with Crippen LogP contribution in [0.15, 0.2) is 42.6 Å². The molecule has 0 radical (unpaired) electrons. The van der Waals surface area contributed by atoms with E-state index in [1.807, 2.05) is 29.2 Å². The number of para-hydroxylation sites is 1. The van der Waals surface area contributed by atoms with Gasteiger partial charge in [-0.2, -0.15) is 0 Å². The molecule has 2 aliphatic rings. The fourth-order valence-electron chi connectivity index (χ4n) is 3.56. The van der Waals surface area contributed by atoms with Gasteiger partial charge in [0.25, 0.3) is 11.8 Å². The van der Waals surface area contributed by atoms with Gasteiger partial charge in [-0.15, -0.1) is 0 Å². The zero-order valence-electron chi connectivity index (χ0n) is 14.9. The zero-order valence-corrected chi connectivity index (χ0v) is 14.9. The Morgan fingerprint density at radius 2 is 1.73 bits per heavy atom. The maximum atomic E-state index is 12.9. The molecule has 0 unspecified atom stereocenters. The van der Waals surface area contributed by atoms with Gasteiger partial charge >= 0.3 is 0 Å². The minimum atomic E-state index is -0.150. The highest BCUT2D eigenvalue weighted by Gasteiger charge is 2.27. The van der Waals surface area contributed by atoms with Gasteiger partial charge in [-0.1, -0.05) is 18.2 Å². The number of fused-ring (bicyclic) bond motifs is 1. The molecule has 0 spiro atoms. The standard InChI is InChI=1S/C20H22N4O2/c1-22-10-12-23(13-11-22)19(25)16-6-8-21-17(14-16)20(26)24-9-7-15-4-2-3-5-18(15)24/h2-6,8,14H,7,9-13H2,1H3. The third kappa shape index (κ3) is 3.08. The second kappa shape index (κ2) is 6.88. The van der Waals surface area contributed by atoms with Crippen molar-refractivity contribution in [2.75, 3.05) is 44.7 Å². The van der Waals surface area contributed by atoms with Gasteiger partial charge in [0.2, 0.25) is 0 Å². The van der Waals surface area contributed by atoms with E-state index in [2.05, 4.69) is 16.9 Å². The van der Waals surface area contributed by atoms with Crippen LogP contribution in [0.25, 0.3) is 0 Å². The number of amides is 2. The summed E-state index contributed by atoms with van der Waals surface area (Å²) in [5.41, 5.74) is 2.96. The second-order valence-corrected chi connectivity index (χ2v) is 6.86. The highest BCUT2D eigenvalue weighted by Crippen LogP contribution is 2.28. The minimum absolute atomic E-state index is 0.0311. The minimum Gasteiger partial charge on any atom is -0.336 e. The van der Waals surface area contributed by atoms with Crippen molar-refractivity contribution >= 4 is 17.5 Å². The quantitative estimate of drug-likeness (QED) is 0.827. The molecule has 1 aromatic heterocycles. The number of carbonyl (C=O) groups excluding carboxylic acids is 2. The van der Waals surface area contributed by atoms with E-state index in [9.17, 15) is 9.59 Å². The van der Waals surface area contributed by atoms with Crippen LogP contribution < -0.4 is 4.90 Å².